The van der Waals surface area contributed by atoms with E-state index in [1.807, 2.05) is 0 Å². The van der Waals surface area contributed by atoms with Gasteiger partial charge < -0.3 is 16.0 Å². The minimum atomic E-state index is -3.03. The van der Waals surface area contributed by atoms with Crippen LogP contribution in [-0.4, -0.2) is 46.9 Å². The zero-order valence-corrected chi connectivity index (χ0v) is 15.9. The number of carbonyl (C=O) groups is 1. The monoisotopic (exact) mass is 409 g/mol. The van der Waals surface area contributed by atoms with E-state index in [-0.39, 0.29) is 34.5 Å². The van der Waals surface area contributed by atoms with Crippen LogP contribution in [0.4, 0.5) is 0 Å². The zero-order chi connectivity index (χ0) is 17.1. The third-order valence-corrected chi connectivity index (χ3v) is 5.64. The Kier molecular flexibility index (Phi) is 7.01. The van der Waals surface area contributed by atoms with Crippen molar-refractivity contribution in [2.45, 2.75) is 36.3 Å². The maximum atomic E-state index is 11.7. The van der Waals surface area contributed by atoms with Crippen LogP contribution in [0.1, 0.15) is 20.3 Å². The van der Waals surface area contributed by atoms with Crippen LogP contribution in [0.5, 0.6) is 0 Å². The Morgan fingerprint density at radius 2 is 1.86 bits per heavy atom. The van der Waals surface area contributed by atoms with Crippen LogP contribution in [0.25, 0.3) is 0 Å². The number of alkyl halides is 3. The Bertz CT molecular complexity index is 534. The minimum absolute atomic E-state index is 0.00556. The maximum absolute atomic E-state index is 11.7. The number of rotatable bonds is 4. The number of hydrogen-bond donors (Lipinski definition) is 3. The summed E-state index contributed by atoms with van der Waals surface area (Å²) in [6, 6.07) is -0.290. The second-order valence-corrected chi connectivity index (χ2v) is 10.4. The Morgan fingerprint density at radius 3 is 2.27 bits per heavy atom. The molecule has 1 aliphatic heterocycles. The third kappa shape index (κ3) is 6.62. The SMILES string of the molecule is CC(C)C(=O)N[C@H](NC(=S)N[C@@H]1CCS(=O)(=O)C1)C(Cl)(Cl)Cl. The standard InChI is InChI=1S/C11H18Cl3N3O3S2/c1-6(2)8(18)16-9(11(12,13)14)17-10(21)15-7-3-4-22(19,20)5-7/h6-7,9H,3-5H2,1-2H3,(H,16,18)(H2,15,17,21)/t7-,9-/m1/s1. The molecule has 1 amide bonds. The molecule has 6 nitrogen and oxygen atoms in total. The summed E-state index contributed by atoms with van der Waals surface area (Å²) >= 11 is 22.6. The first-order chi connectivity index (χ1) is 9.90. The first-order valence-corrected chi connectivity index (χ1v) is 9.91. The van der Waals surface area contributed by atoms with Gasteiger partial charge in [-0.05, 0) is 18.6 Å². The van der Waals surface area contributed by atoms with E-state index in [2.05, 4.69) is 16.0 Å². The summed E-state index contributed by atoms with van der Waals surface area (Å²) in [5, 5.41) is 8.20. The van der Waals surface area contributed by atoms with Crippen molar-refractivity contribution in [2.24, 2.45) is 5.92 Å². The fourth-order valence-electron chi connectivity index (χ4n) is 1.78. The molecule has 0 radical (unpaired) electrons. The topological polar surface area (TPSA) is 87.3 Å². The number of carbonyl (C=O) groups excluding carboxylic acids is 1. The Hall–Kier alpha value is -0.0200. The van der Waals surface area contributed by atoms with Crippen LogP contribution < -0.4 is 16.0 Å². The predicted molar refractivity (Wildman–Crippen MR) is 93.0 cm³/mol. The number of sulfone groups is 1. The summed E-state index contributed by atoms with van der Waals surface area (Å²) in [5.41, 5.74) is 0. The summed E-state index contributed by atoms with van der Waals surface area (Å²) in [6.45, 7) is 3.40. The lowest BCUT2D eigenvalue weighted by atomic mass is 10.2. The summed E-state index contributed by atoms with van der Waals surface area (Å²) in [6.07, 6.45) is -0.577. The quantitative estimate of drug-likeness (QED) is 0.365. The van der Waals surface area contributed by atoms with Gasteiger partial charge in [0, 0.05) is 12.0 Å². The highest BCUT2D eigenvalue weighted by Crippen LogP contribution is 2.29. The van der Waals surface area contributed by atoms with Gasteiger partial charge >= 0.3 is 0 Å². The lowest BCUT2D eigenvalue weighted by Crippen LogP contribution is -2.59. The number of amides is 1. The summed E-state index contributed by atoms with van der Waals surface area (Å²) in [5.74, 6) is -0.482. The largest absolute Gasteiger partial charge is 0.359 e. The molecule has 3 N–H and O–H groups in total. The van der Waals surface area contributed by atoms with Crippen molar-refractivity contribution in [3.05, 3.63) is 0 Å². The van der Waals surface area contributed by atoms with E-state index in [4.69, 9.17) is 47.0 Å². The zero-order valence-electron chi connectivity index (χ0n) is 12.0. The highest BCUT2D eigenvalue weighted by atomic mass is 35.6. The molecule has 1 fully saturated rings. The molecule has 1 rings (SSSR count). The third-order valence-electron chi connectivity index (χ3n) is 2.98. The first kappa shape index (κ1) is 20.0. The number of nitrogens with one attached hydrogen (secondary N) is 3. The van der Waals surface area contributed by atoms with Gasteiger partial charge in [-0.2, -0.15) is 0 Å². The smallest absolute Gasteiger partial charge is 0.228 e. The van der Waals surface area contributed by atoms with Gasteiger partial charge in [0.2, 0.25) is 9.70 Å². The van der Waals surface area contributed by atoms with Crippen LogP contribution in [0.2, 0.25) is 0 Å². The molecular weight excluding hydrogens is 393 g/mol. The van der Waals surface area contributed by atoms with E-state index < -0.39 is 19.8 Å². The number of halogens is 3. The fourth-order valence-corrected chi connectivity index (χ4v) is 4.06. The molecule has 1 saturated heterocycles. The van der Waals surface area contributed by atoms with Crippen molar-refractivity contribution in [1.82, 2.24) is 16.0 Å². The van der Waals surface area contributed by atoms with Gasteiger partial charge in [-0.15, -0.1) is 0 Å². The predicted octanol–water partition coefficient (Wildman–Crippen LogP) is 1.11. The molecule has 2 atom stereocenters. The van der Waals surface area contributed by atoms with Crippen molar-refractivity contribution in [2.75, 3.05) is 11.5 Å². The molecule has 0 spiro atoms. The molecule has 11 heteroatoms. The second kappa shape index (κ2) is 7.70. The number of hydrogen-bond acceptors (Lipinski definition) is 4. The van der Waals surface area contributed by atoms with E-state index in [1.165, 1.54) is 0 Å². The first-order valence-electron chi connectivity index (χ1n) is 6.55. The van der Waals surface area contributed by atoms with Crippen LogP contribution in [-0.2, 0) is 14.6 Å². The van der Waals surface area contributed by atoms with E-state index in [0.29, 0.717) is 6.42 Å². The minimum Gasteiger partial charge on any atom is -0.359 e. The van der Waals surface area contributed by atoms with Crippen molar-refractivity contribution in [1.29, 1.82) is 0 Å². The van der Waals surface area contributed by atoms with E-state index in [1.54, 1.807) is 13.8 Å². The van der Waals surface area contributed by atoms with Gasteiger partial charge in [0.15, 0.2) is 14.9 Å². The molecule has 0 unspecified atom stereocenters. The summed E-state index contributed by atoms with van der Waals surface area (Å²) in [4.78, 5) is 11.7. The molecular formula is C11H18Cl3N3O3S2. The van der Waals surface area contributed by atoms with Crippen molar-refractivity contribution in [3.8, 4) is 0 Å². The summed E-state index contributed by atoms with van der Waals surface area (Å²) in [7, 11) is -3.03. The highest BCUT2D eigenvalue weighted by Gasteiger charge is 2.36. The Labute approximate surface area is 150 Å². The summed E-state index contributed by atoms with van der Waals surface area (Å²) < 4.78 is 21.0. The molecule has 0 aromatic heterocycles. The average Bonchev–Trinajstić information content (AvgIpc) is 2.66. The van der Waals surface area contributed by atoms with Gasteiger partial charge in [-0.25, -0.2) is 8.42 Å². The molecule has 0 aromatic rings. The van der Waals surface area contributed by atoms with Crippen LogP contribution in [0.15, 0.2) is 0 Å². The molecule has 0 aliphatic carbocycles. The van der Waals surface area contributed by atoms with E-state index in [9.17, 15) is 13.2 Å². The molecule has 1 aliphatic rings. The van der Waals surface area contributed by atoms with Gasteiger partial charge in [0.05, 0.1) is 11.5 Å². The molecule has 128 valence electrons. The number of thiocarbonyl (C=S) groups is 1. The van der Waals surface area contributed by atoms with Crippen LogP contribution in [0.3, 0.4) is 0 Å². The van der Waals surface area contributed by atoms with Crippen LogP contribution >= 0.6 is 47.0 Å². The van der Waals surface area contributed by atoms with Gasteiger partial charge in [-0.3, -0.25) is 4.79 Å². The van der Waals surface area contributed by atoms with Crippen molar-refractivity contribution in [3.63, 3.8) is 0 Å². The molecule has 0 saturated carbocycles. The second-order valence-electron chi connectivity index (χ2n) is 5.36. The molecule has 1 heterocycles. The Balaban J connectivity index is 2.62. The lowest BCUT2D eigenvalue weighted by molar-refractivity contribution is -0.124. The van der Waals surface area contributed by atoms with Gasteiger partial charge in [0.1, 0.15) is 6.17 Å². The van der Waals surface area contributed by atoms with Crippen molar-refractivity contribution >= 4 is 67.9 Å². The van der Waals surface area contributed by atoms with E-state index >= 15 is 0 Å². The Morgan fingerprint density at radius 1 is 1.27 bits per heavy atom. The molecule has 0 bridgehead atoms. The van der Waals surface area contributed by atoms with Crippen LogP contribution in [0, 0.1) is 5.92 Å². The molecule has 0 aromatic carbocycles. The normalized spacial score (nSPS) is 22.2. The fraction of sp³-hybridized carbons (Fsp3) is 0.818. The molecule has 22 heavy (non-hydrogen) atoms. The maximum Gasteiger partial charge on any atom is 0.228 e. The van der Waals surface area contributed by atoms with Crippen molar-refractivity contribution < 1.29 is 13.2 Å². The average molecular weight is 411 g/mol. The van der Waals surface area contributed by atoms with E-state index in [0.717, 1.165) is 0 Å². The highest BCUT2D eigenvalue weighted by molar-refractivity contribution is 7.91. The lowest BCUT2D eigenvalue weighted by Gasteiger charge is -2.29. The van der Waals surface area contributed by atoms with Gasteiger partial charge in [-0.1, -0.05) is 48.7 Å². The van der Waals surface area contributed by atoms with Gasteiger partial charge in [0.25, 0.3) is 0 Å².